The Bertz CT molecular complexity index is 307. The monoisotopic (exact) mass is 202 g/mol. The number of rotatable bonds is 1. The first-order valence-corrected chi connectivity index (χ1v) is 4.41. The minimum atomic E-state index is -1.35. The van der Waals surface area contributed by atoms with Gasteiger partial charge in [0.2, 0.25) is 0 Å². The second-order valence-electron chi connectivity index (χ2n) is 2.71. The summed E-state index contributed by atoms with van der Waals surface area (Å²) in [5.41, 5.74) is 0. The molecule has 0 radical (unpaired) electrons. The highest BCUT2D eigenvalue weighted by molar-refractivity contribution is 6.31. The van der Waals surface area contributed by atoms with Crippen molar-refractivity contribution < 1.29 is 8.78 Å². The topological polar surface area (TPSA) is 0 Å². The maximum Gasteiger partial charge on any atom is 0.179 e. The fraction of sp³-hybridized carbons (Fsp3) is 0.400. The summed E-state index contributed by atoms with van der Waals surface area (Å²) in [6, 6.07) is 0. The third-order valence-electron chi connectivity index (χ3n) is 1.75. The lowest BCUT2D eigenvalue weighted by atomic mass is 10.0. The minimum absolute atomic E-state index is 0.0523. The molecule has 0 spiro atoms. The molecule has 70 valence electrons. The van der Waals surface area contributed by atoms with Crippen molar-refractivity contribution in [2.75, 3.05) is 0 Å². The first-order valence-electron chi connectivity index (χ1n) is 4.03. The average Bonchev–Trinajstić information content (AvgIpc) is 2.13. The molecular weight excluding hydrogens is 194 g/mol. The van der Waals surface area contributed by atoms with Gasteiger partial charge in [0, 0.05) is 0 Å². The molecule has 1 rings (SSSR count). The molecule has 1 aliphatic rings. The van der Waals surface area contributed by atoms with E-state index in [-0.39, 0.29) is 5.03 Å². The summed E-state index contributed by atoms with van der Waals surface area (Å²) in [4.78, 5) is 0. The van der Waals surface area contributed by atoms with Crippen LogP contribution in [0.2, 0.25) is 0 Å². The van der Waals surface area contributed by atoms with E-state index < -0.39 is 17.9 Å². The summed E-state index contributed by atoms with van der Waals surface area (Å²) in [5.74, 6) is 3.76. The Kier molecular flexibility index (Phi) is 3.50. The Morgan fingerprint density at radius 3 is 2.85 bits per heavy atom. The maximum absolute atomic E-state index is 13.3. The van der Waals surface area contributed by atoms with Crippen LogP contribution in [-0.2, 0) is 0 Å². The fourth-order valence-corrected chi connectivity index (χ4v) is 1.19. The molecule has 0 heterocycles. The number of alkyl halides is 1. The Balaban J connectivity index is 3.04. The molecule has 0 aromatic carbocycles. The van der Waals surface area contributed by atoms with E-state index in [1.165, 1.54) is 6.08 Å². The Morgan fingerprint density at radius 2 is 2.23 bits per heavy atom. The van der Waals surface area contributed by atoms with Gasteiger partial charge in [-0.3, -0.25) is 0 Å². The maximum atomic E-state index is 13.3. The van der Waals surface area contributed by atoms with Crippen molar-refractivity contribution in [3.63, 3.8) is 0 Å². The van der Waals surface area contributed by atoms with Gasteiger partial charge in [0.15, 0.2) is 6.17 Å². The van der Waals surface area contributed by atoms with Gasteiger partial charge in [-0.15, -0.1) is 0 Å². The summed E-state index contributed by atoms with van der Waals surface area (Å²) in [5, 5.41) is -0.0523. The van der Waals surface area contributed by atoms with Crippen LogP contribution in [0.3, 0.4) is 0 Å². The van der Waals surface area contributed by atoms with Gasteiger partial charge >= 0.3 is 0 Å². The lowest BCUT2D eigenvalue weighted by molar-refractivity contribution is 0.476. The zero-order valence-corrected chi connectivity index (χ0v) is 7.91. The molecule has 2 atom stereocenters. The SMILES string of the molecule is CCC1C#CC(F)/C=C\C(Cl)=C/1F. The molecule has 0 nitrogen and oxygen atoms in total. The largest absolute Gasteiger partial charge is 0.229 e. The van der Waals surface area contributed by atoms with Crippen molar-refractivity contribution in [3.8, 4) is 11.8 Å². The molecule has 0 bridgehead atoms. The third-order valence-corrected chi connectivity index (χ3v) is 2.06. The van der Waals surface area contributed by atoms with E-state index in [0.29, 0.717) is 6.42 Å². The molecule has 0 aromatic heterocycles. The van der Waals surface area contributed by atoms with Crippen LogP contribution < -0.4 is 0 Å². The third kappa shape index (κ3) is 2.57. The van der Waals surface area contributed by atoms with Crippen molar-refractivity contribution >= 4 is 11.6 Å². The lowest BCUT2D eigenvalue weighted by Gasteiger charge is -2.07. The van der Waals surface area contributed by atoms with E-state index in [1.807, 2.05) is 0 Å². The first-order chi connectivity index (χ1) is 6.15. The number of hydrogen-bond acceptors (Lipinski definition) is 0. The van der Waals surface area contributed by atoms with Gasteiger partial charge in [0.25, 0.3) is 0 Å². The van der Waals surface area contributed by atoms with Crippen LogP contribution in [0.15, 0.2) is 23.0 Å². The van der Waals surface area contributed by atoms with Crippen molar-refractivity contribution in [1.82, 2.24) is 0 Å². The molecule has 13 heavy (non-hydrogen) atoms. The van der Waals surface area contributed by atoms with Crippen LogP contribution in [0, 0.1) is 17.8 Å². The highest BCUT2D eigenvalue weighted by Gasteiger charge is 2.14. The molecule has 0 saturated heterocycles. The van der Waals surface area contributed by atoms with Crippen molar-refractivity contribution in [1.29, 1.82) is 0 Å². The van der Waals surface area contributed by atoms with Gasteiger partial charge < -0.3 is 0 Å². The zero-order chi connectivity index (χ0) is 9.84. The van der Waals surface area contributed by atoms with Crippen LogP contribution in [0.5, 0.6) is 0 Å². The summed E-state index contributed by atoms with van der Waals surface area (Å²) in [6.07, 6.45) is 1.50. The Hall–Kier alpha value is -0.810. The van der Waals surface area contributed by atoms with Gasteiger partial charge in [-0.05, 0) is 18.6 Å². The predicted octanol–water partition coefficient (Wildman–Crippen LogP) is 3.34. The number of halogens is 3. The van der Waals surface area contributed by atoms with Crippen LogP contribution >= 0.6 is 11.6 Å². The summed E-state index contributed by atoms with van der Waals surface area (Å²) in [7, 11) is 0. The second-order valence-corrected chi connectivity index (χ2v) is 3.11. The molecule has 0 aliphatic heterocycles. The second kappa shape index (κ2) is 4.43. The van der Waals surface area contributed by atoms with Crippen molar-refractivity contribution in [2.24, 2.45) is 5.92 Å². The van der Waals surface area contributed by atoms with E-state index in [0.717, 1.165) is 6.08 Å². The van der Waals surface area contributed by atoms with E-state index in [1.54, 1.807) is 6.92 Å². The van der Waals surface area contributed by atoms with E-state index >= 15 is 0 Å². The van der Waals surface area contributed by atoms with Crippen molar-refractivity contribution in [3.05, 3.63) is 23.0 Å². The molecule has 2 unspecified atom stereocenters. The van der Waals surface area contributed by atoms with Gasteiger partial charge in [0.05, 0.1) is 11.0 Å². The van der Waals surface area contributed by atoms with Gasteiger partial charge in [-0.2, -0.15) is 0 Å². The van der Waals surface area contributed by atoms with Gasteiger partial charge in [-0.25, -0.2) is 8.78 Å². The molecule has 0 aromatic rings. The molecule has 1 aliphatic carbocycles. The standard InChI is InChI=1S/C10H9ClF2/c1-2-7-3-4-8(12)5-6-9(11)10(7)13/h5-8H,2H2,1H3/b6-5-,10-9-. The van der Waals surface area contributed by atoms with Crippen LogP contribution in [0.25, 0.3) is 0 Å². The summed E-state index contributed by atoms with van der Waals surface area (Å²) >= 11 is 5.57. The molecule has 0 saturated carbocycles. The van der Waals surface area contributed by atoms with E-state index in [9.17, 15) is 8.78 Å². The average molecular weight is 203 g/mol. The van der Waals surface area contributed by atoms with Crippen LogP contribution in [-0.4, -0.2) is 6.17 Å². The first kappa shape index (κ1) is 10.3. The summed E-state index contributed by atoms with van der Waals surface area (Å²) < 4.78 is 26.1. The Labute approximate surface area is 81.3 Å². The van der Waals surface area contributed by atoms with E-state index in [2.05, 4.69) is 11.8 Å². The molecule has 3 heteroatoms. The van der Waals surface area contributed by atoms with Crippen LogP contribution in [0.1, 0.15) is 13.3 Å². The minimum Gasteiger partial charge on any atom is -0.229 e. The highest BCUT2D eigenvalue weighted by Crippen LogP contribution is 2.24. The Morgan fingerprint density at radius 1 is 1.54 bits per heavy atom. The zero-order valence-electron chi connectivity index (χ0n) is 7.15. The quantitative estimate of drug-likeness (QED) is 0.572. The smallest absolute Gasteiger partial charge is 0.179 e. The highest BCUT2D eigenvalue weighted by atomic mass is 35.5. The van der Waals surface area contributed by atoms with Gasteiger partial charge in [-0.1, -0.05) is 30.4 Å². The van der Waals surface area contributed by atoms with Crippen LogP contribution in [0.4, 0.5) is 8.78 Å². The summed E-state index contributed by atoms with van der Waals surface area (Å²) in [6.45, 7) is 1.78. The number of hydrogen-bond donors (Lipinski definition) is 0. The fourth-order valence-electron chi connectivity index (χ4n) is 0.988. The normalized spacial score (nSPS) is 35.7. The molecular formula is C10H9ClF2. The molecule has 0 amide bonds. The molecule has 0 N–H and O–H groups in total. The molecule has 0 fully saturated rings. The predicted molar refractivity (Wildman–Crippen MR) is 49.6 cm³/mol. The lowest BCUT2D eigenvalue weighted by Crippen LogP contribution is -2.01. The van der Waals surface area contributed by atoms with Crippen molar-refractivity contribution in [2.45, 2.75) is 19.5 Å². The van der Waals surface area contributed by atoms with E-state index in [4.69, 9.17) is 11.6 Å². The van der Waals surface area contributed by atoms with Gasteiger partial charge in [0.1, 0.15) is 5.83 Å². The number of allylic oxidation sites excluding steroid dienone is 4.